The zero-order valence-electron chi connectivity index (χ0n) is 16.7. The van der Waals surface area contributed by atoms with Crippen molar-refractivity contribution in [2.45, 2.75) is 18.0 Å². The summed E-state index contributed by atoms with van der Waals surface area (Å²) in [7, 11) is -3.78. The summed E-state index contributed by atoms with van der Waals surface area (Å²) in [5.41, 5.74) is 0.913. The van der Waals surface area contributed by atoms with Crippen molar-refractivity contribution in [3.8, 4) is 0 Å². The van der Waals surface area contributed by atoms with E-state index in [-0.39, 0.29) is 42.0 Å². The molecule has 2 aliphatic rings. The molecule has 0 radical (unpaired) electrons. The third-order valence-corrected chi connectivity index (χ3v) is 10.0. The molecule has 2 aromatic carbocycles. The highest BCUT2D eigenvalue weighted by Gasteiger charge is 2.33. The van der Waals surface area contributed by atoms with Crippen molar-refractivity contribution in [1.29, 1.82) is 0 Å². The van der Waals surface area contributed by atoms with Crippen LogP contribution in [0.15, 0.2) is 41.3 Å². The zero-order chi connectivity index (χ0) is 23.3. The van der Waals surface area contributed by atoms with Gasteiger partial charge in [-0.25, -0.2) is 8.42 Å². The Kier molecular flexibility index (Phi) is 6.29. The number of alkyl halides is 3. The van der Waals surface area contributed by atoms with Gasteiger partial charge in [-0.3, -0.25) is 7.91 Å². The molecule has 1 fully saturated rings. The van der Waals surface area contributed by atoms with E-state index in [2.05, 4.69) is 0 Å². The Labute approximate surface area is 198 Å². The molecule has 0 spiro atoms. The average Bonchev–Trinajstić information content (AvgIpc) is 3.16. The van der Waals surface area contributed by atoms with Crippen molar-refractivity contribution in [1.82, 2.24) is 4.31 Å². The Morgan fingerprint density at radius 1 is 1.06 bits per heavy atom. The molecule has 0 aromatic heterocycles. The van der Waals surface area contributed by atoms with E-state index < -0.39 is 42.8 Å². The number of anilines is 2. The molecule has 2 aliphatic heterocycles. The third-order valence-electron chi connectivity index (χ3n) is 5.20. The van der Waals surface area contributed by atoms with Crippen LogP contribution in [0, 0.1) is 0 Å². The number of nitrogens with zero attached hydrogens (tertiary/aromatic N) is 3. The van der Waals surface area contributed by atoms with Gasteiger partial charge in [0, 0.05) is 70.4 Å². The van der Waals surface area contributed by atoms with Crippen molar-refractivity contribution < 1.29 is 26.4 Å². The van der Waals surface area contributed by atoms with E-state index in [9.17, 15) is 26.4 Å². The lowest BCUT2D eigenvalue weighted by Gasteiger charge is -2.35. The van der Waals surface area contributed by atoms with Crippen LogP contribution in [0.5, 0.6) is 0 Å². The predicted octanol–water partition coefficient (Wildman–Crippen LogP) is 4.27. The van der Waals surface area contributed by atoms with Crippen molar-refractivity contribution in [2.24, 2.45) is 0 Å². The van der Waals surface area contributed by atoms with E-state index in [1.54, 1.807) is 20.1 Å². The molecule has 0 unspecified atom stereocenters. The number of sulfonamides is 1. The van der Waals surface area contributed by atoms with Crippen LogP contribution in [0.25, 0.3) is 0 Å². The Balaban J connectivity index is 1.51. The molecule has 0 aliphatic carbocycles. The van der Waals surface area contributed by atoms with Crippen LogP contribution >= 0.6 is 32.6 Å². The van der Waals surface area contributed by atoms with E-state index in [1.807, 2.05) is 4.01 Å². The van der Waals surface area contributed by atoms with Gasteiger partial charge in [0.2, 0.25) is 15.9 Å². The van der Waals surface area contributed by atoms with Crippen molar-refractivity contribution in [3.05, 3.63) is 52.5 Å². The topological polar surface area (TPSA) is 60.9 Å². The molecule has 4 rings (SSSR count). The van der Waals surface area contributed by atoms with Gasteiger partial charge in [-0.05, 0) is 40.4 Å². The highest BCUT2D eigenvalue weighted by molar-refractivity contribution is 14.2. The van der Waals surface area contributed by atoms with Crippen LogP contribution in [-0.4, -0.2) is 48.8 Å². The lowest BCUT2D eigenvalue weighted by Crippen LogP contribution is -2.48. The average molecular weight is 600 g/mol. The molecule has 12 heteroatoms. The Morgan fingerprint density at radius 3 is 2.38 bits per heavy atom. The van der Waals surface area contributed by atoms with Gasteiger partial charge < -0.3 is 4.90 Å². The van der Waals surface area contributed by atoms with Crippen LogP contribution in [0.3, 0.4) is 0 Å². The molecule has 1 saturated heterocycles. The smallest absolute Gasteiger partial charge is 0.369 e. The van der Waals surface area contributed by atoms with Gasteiger partial charge >= 0.3 is 6.18 Å². The van der Waals surface area contributed by atoms with Crippen LogP contribution in [0.1, 0.15) is 18.1 Å². The van der Waals surface area contributed by atoms with E-state index in [0.29, 0.717) is 5.69 Å². The first-order valence-corrected chi connectivity index (χ1v) is 13.5. The van der Waals surface area contributed by atoms with E-state index in [1.165, 1.54) is 23.4 Å². The van der Waals surface area contributed by atoms with Crippen molar-refractivity contribution in [2.75, 3.05) is 34.2 Å². The second-order valence-corrected chi connectivity index (χ2v) is 11.8. The number of halogens is 5. The standard InChI is InChI=1S/C20H18ClF3IN3O3S/c1-13(29)28-19-3-2-18(8-14(19)12-25-28)32(30,31)27-6-4-26(5-7-27)17-10-15(20(22,23)24)9-16(21)11-17/h2-3,8-12H,4-7H2,1H3. The molecule has 172 valence electrons. The third kappa shape index (κ3) is 4.52. The lowest BCUT2D eigenvalue weighted by molar-refractivity contribution is -0.137. The van der Waals surface area contributed by atoms with Crippen LogP contribution in [0.2, 0.25) is 5.02 Å². The molecule has 1 amide bonds. The number of amides is 1. The highest BCUT2D eigenvalue weighted by Crippen LogP contribution is 2.36. The number of hydrogen-bond acceptors (Lipinski definition) is 4. The van der Waals surface area contributed by atoms with Crippen LogP contribution < -0.4 is 8.01 Å². The molecule has 0 bridgehead atoms. The maximum absolute atomic E-state index is 13.1. The van der Waals surface area contributed by atoms with Crippen LogP contribution in [-0.2, 0) is 21.0 Å². The molecule has 32 heavy (non-hydrogen) atoms. The molecule has 0 N–H and O–H groups in total. The first-order valence-electron chi connectivity index (χ1n) is 9.51. The van der Waals surface area contributed by atoms with Gasteiger partial charge in [-0.2, -0.15) is 17.5 Å². The number of carbonyl (C=O) groups is 1. The van der Waals surface area contributed by atoms with Crippen molar-refractivity contribution >= 4 is 63.9 Å². The quantitative estimate of drug-likeness (QED) is 0.391. The molecular weight excluding hydrogens is 582 g/mol. The number of rotatable bonds is 3. The van der Waals surface area contributed by atoms with Gasteiger partial charge in [0.05, 0.1) is 16.1 Å². The SMILES string of the molecule is CC(=O)N1I=Cc2cc(S(=O)(=O)N3CCN(c4cc(Cl)cc(C(F)(F)F)c4)CC3)ccc21. The van der Waals surface area contributed by atoms with Gasteiger partial charge in [0.1, 0.15) is 0 Å². The Morgan fingerprint density at radius 2 is 1.75 bits per heavy atom. The largest absolute Gasteiger partial charge is 0.416 e. The molecule has 6 nitrogen and oxygen atoms in total. The highest BCUT2D eigenvalue weighted by atomic mass is 127. The number of benzene rings is 2. The summed E-state index contributed by atoms with van der Waals surface area (Å²) in [6.45, 7) is 2.20. The van der Waals surface area contributed by atoms with Crippen molar-refractivity contribution in [3.63, 3.8) is 0 Å². The summed E-state index contributed by atoms with van der Waals surface area (Å²) >= 11 is 5.22. The fraction of sp³-hybridized carbons (Fsp3) is 0.300. The zero-order valence-corrected chi connectivity index (χ0v) is 20.5. The second-order valence-electron chi connectivity index (χ2n) is 7.31. The van der Waals surface area contributed by atoms with E-state index in [0.717, 1.165) is 23.4 Å². The molecule has 2 aromatic rings. The normalized spacial score (nSPS) is 17.3. The van der Waals surface area contributed by atoms with E-state index >= 15 is 0 Å². The summed E-state index contributed by atoms with van der Waals surface area (Å²) in [6.07, 6.45) is -4.52. The molecule has 0 atom stereocenters. The molecule has 0 saturated carbocycles. The summed E-state index contributed by atoms with van der Waals surface area (Å²) in [5, 5.41) is -0.0262. The van der Waals surface area contributed by atoms with Gasteiger partial charge in [-0.15, -0.1) is 0 Å². The minimum absolute atomic E-state index is 0.0262. The fourth-order valence-corrected chi connectivity index (χ4v) is 7.50. The predicted molar refractivity (Wildman–Crippen MR) is 126 cm³/mol. The lowest BCUT2D eigenvalue weighted by atomic mass is 10.1. The summed E-state index contributed by atoms with van der Waals surface area (Å²) in [4.78, 5) is 13.5. The second kappa shape index (κ2) is 8.58. The monoisotopic (exact) mass is 599 g/mol. The fourth-order valence-electron chi connectivity index (χ4n) is 3.61. The first kappa shape index (κ1) is 23.5. The minimum atomic E-state index is -4.52. The van der Waals surface area contributed by atoms with E-state index in [4.69, 9.17) is 11.6 Å². The maximum Gasteiger partial charge on any atom is 0.416 e. The van der Waals surface area contributed by atoms with Gasteiger partial charge in [0.15, 0.2) is 0 Å². The number of piperazine rings is 1. The molecule has 2 heterocycles. The minimum Gasteiger partial charge on any atom is -0.369 e. The first-order chi connectivity index (χ1) is 15.0. The number of carbonyl (C=O) groups excluding carboxylic acids is 1. The maximum atomic E-state index is 13.1. The Bertz CT molecular complexity index is 1210. The van der Waals surface area contributed by atoms with Gasteiger partial charge in [0.25, 0.3) is 0 Å². The number of hydrogen-bond donors (Lipinski definition) is 0. The van der Waals surface area contributed by atoms with Crippen LogP contribution in [0.4, 0.5) is 24.5 Å². The number of fused-ring (bicyclic) bond motifs is 1. The summed E-state index contributed by atoms with van der Waals surface area (Å²) in [6, 6.07) is 8.05. The van der Waals surface area contributed by atoms with Gasteiger partial charge in [-0.1, -0.05) is 11.6 Å². The Hall–Kier alpha value is -1.70. The summed E-state index contributed by atoms with van der Waals surface area (Å²) < 4.78 is 70.5. The molecular formula is C20H18ClF3IN3O3S. The summed E-state index contributed by atoms with van der Waals surface area (Å²) in [5.74, 6) is -0.0748.